The lowest BCUT2D eigenvalue weighted by atomic mass is 9.87. The highest BCUT2D eigenvalue weighted by Gasteiger charge is 2.13. The normalized spacial score (nSPS) is 10.9. The van der Waals surface area contributed by atoms with Crippen LogP contribution in [0.25, 0.3) is 0 Å². The molecule has 0 radical (unpaired) electrons. The summed E-state index contributed by atoms with van der Waals surface area (Å²) in [7, 11) is 0. The van der Waals surface area contributed by atoms with Crippen molar-refractivity contribution in [1.82, 2.24) is 10.6 Å². The molecule has 2 aromatic carbocycles. The van der Waals surface area contributed by atoms with Crippen molar-refractivity contribution in [2.75, 3.05) is 19.8 Å². The highest BCUT2D eigenvalue weighted by atomic mass is 16.5. The van der Waals surface area contributed by atoms with Crippen LogP contribution >= 0.6 is 0 Å². The van der Waals surface area contributed by atoms with Gasteiger partial charge in [0.1, 0.15) is 5.75 Å². The summed E-state index contributed by atoms with van der Waals surface area (Å²) in [6.45, 7) is 10.1. The zero-order chi connectivity index (χ0) is 22.0. The van der Waals surface area contributed by atoms with Crippen LogP contribution in [0.15, 0.2) is 48.5 Å². The predicted octanol–water partition coefficient (Wildman–Crippen LogP) is 4.43. The summed E-state index contributed by atoms with van der Waals surface area (Å²) >= 11 is 0. The number of hydrogen-bond acceptors (Lipinski definition) is 4. The number of amides is 2. The molecule has 0 aromatic heterocycles. The summed E-state index contributed by atoms with van der Waals surface area (Å²) < 4.78 is 10.7. The maximum Gasteiger partial charge on any atom is 0.338 e. The van der Waals surface area contributed by atoms with Crippen LogP contribution in [-0.4, -0.2) is 31.8 Å². The molecule has 6 nitrogen and oxygen atoms in total. The van der Waals surface area contributed by atoms with Crippen molar-refractivity contribution in [1.29, 1.82) is 0 Å². The molecule has 0 bridgehead atoms. The standard InChI is InChI=1S/C24H32N2O4/c1-5-29-22(27)19-9-7-18(8-10-19)17-26-23(28)25-15-6-16-30-21-13-11-20(12-14-21)24(2,3)4/h7-14H,5-6,15-17H2,1-4H3,(H2,25,26,28). The first-order valence-electron chi connectivity index (χ1n) is 10.3. The fourth-order valence-electron chi connectivity index (χ4n) is 2.73. The molecule has 2 amide bonds. The highest BCUT2D eigenvalue weighted by molar-refractivity contribution is 5.89. The van der Waals surface area contributed by atoms with Crippen molar-refractivity contribution in [3.63, 3.8) is 0 Å². The van der Waals surface area contributed by atoms with E-state index >= 15 is 0 Å². The molecule has 2 N–H and O–H groups in total. The molecule has 0 unspecified atom stereocenters. The second-order valence-corrected chi connectivity index (χ2v) is 8.00. The van der Waals surface area contributed by atoms with Gasteiger partial charge in [0.2, 0.25) is 0 Å². The van der Waals surface area contributed by atoms with Crippen LogP contribution in [0.1, 0.15) is 55.6 Å². The lowest BCUT2D eigenvalue weighted by molar-refractivity contribution is 0.0526. The van der Waals surface area contributed by atoms with Crippen molar-refractivity contribution in [2.45, 2.75) is 46.1 Å². The molecule has 0 heterocycles. The monoisotopic (exact) mass is 412 g/mol. The highest BCUT2D eigenvalue weighted by Crippen LogP contribution is 2.24. The Morgan fingerprint density at radius 1 is 0.933 bits per heavy atom. The number of ether oxygens (including phenoxy) is 2. The van der Waals surface area contributed by atoms with E-state index in [1.807, 2.05) is 12.1 Å². The van der Waals surface area contributed by atoms with Crippen LogP contribution in [0.3, 0.4) is 0 Å². The molecule has 0 aliphatic heterocycles. The summed E-state index contributed by atoms with van der Waals surface area (Å²) in [6.07, 6.45) is 0.711. The Morgan fingerprint density at radius 3 is 2.20 bits per heavy atom. The van der Waals surface area contributed by atoms with Gasteiger partial charge >= 0.3 is 12.0 Å². The van der Waals surface area contributed by atoms with E-state index in [4.69, 9.17) is 9.47 Å². The third-order valence-corrected chi connectivity index (χ3v) is 4.51. The van der Waals surface area contributed by atoms with Gasteiger partial charge < -0.3 is 20.1 Å². The molecule has 2 aromatic rings. The minimum Gasteiger partial charge on any atom is -0.494 e. The van der Waals surface area contributed by atoms with Crippen molar-refractivity contribution in [2.24, 2.45) is 0 Å². The molecule has 162 valence electrons. The number of carbonyl (C=O) groups is 2. The first-order valence-corrected chi connectivity index (χ1v) is 10.3. The summed E-state index contributed by atoms with van der Waals surface area (Å²) in [5.74, 6) is 0.487. The van der Waals surface area contributed by atoms with Crippen molar-refractivity contribution in [3.05, 3.63) is 65.2 Å². The second kappa shape index (κ2) is 11.2. The van der Waals surface area contributed by atoms with E-state index in [0.717, 1.165) is 11.3 Å². The molecular formula is C24H32N2O4. The SMILES string of the molecule is CCOC(=O)c1ccc(CNC(=O)NCCCOc2ccc(C(C)(C)C)cc2)cc1. The Kier molecular flexibility index (Phi) is 8.71. The van der Waals surface area contributed by atoms with Crippen LogP contribution in [-0.2, 0) is 16.7 Å². The first kappa shape index (κ1) is 23.3. The third kappa shape index (κ3) is 7.78. The van der Waals surface area contributed by atoms with Gasteiger partial charge in [-0.2, -0.15) is 0 Å². The Morgan fingerprint density at radius 2 is 1.60 bits per heavy atom. The average Bonchev–Trinajstić information content (AvgIpc) is 2.72. The minimum absolute atomic E-state index is 0.124. The Balaban J connectivity index is 1.62. The van der Waals surface area contributed by atoms with E-state index in [-0.39, 0.29) is 17.4 Å². The number of urea groups is 1. The number of esters is 1. The first-order chi connectivity index (χ1) is 14.3. The summed E-state index contributed by atoms with van der Waals surface area (Å²) in [6, 6.07) is 14.9. The predicted molar refractivity (Wildman–Crippen MR) is 118 cm³/mol. The van der Waals surface area contributed by atoms with Crippen molar-refractivity contribution < 1.29 is 19.1 Å². The van der Waals surface area contributed by atoms with Crippen molar-refractivity contribution >= 4 is 12.0 Å². The van der Waals surface area contributed by atoms with Crippen LogP contribution in [0.4, 0.5) is 4.79 Å². The van der Waals surface area contributed by atoms with Gasteiger partial charge in [0.25, 0.3) is 0 Å². The van der Waals surface area contributed by atoms with Gasteiger partial charge in [-0.3, -0.25) is 0 Å². The van der Waals surface area contributed by atoms with Gasteiger partial charge in [-0.1, -0.05) is 45.0 Å². The molecule has 0 fully saturated rings. The van der Waals surface area contributed by atoms with Gasteiger partial charge in [-0.15, -0.1) is 0 Å². The molecule has 0 aliphatic carbocycles. The number of benzene rings is 2. The van der Waals surface area contributed by atoms with E-state index in [9.17, 15) is 9.59 Å². The van der Waals surface area contributed by atoms with E-state index in [2.05, 4.69) is 43.5 Å². The van der Waals surface area contributed by atoms with Gasteiger partial charge in [0.05, 0.1) is 18.8 Å². The Bertz CT molecular complexity index is 809. The number of hydrogen-bond donors (Lipinski definition) is 2. The van der Waals surface area contributed by atoms with E-state index in [0.29, 0.717) is 38.3 Å². The van der Waals surface area contributed by atoms with E-state index in [1.54, 1.807) is 31.2 Å². The van der Waals surface area contributed by atoms with Crippen LogP contribution < -0.4 is 15.4 Å². The molecule has 0 saturated heterocycles. The van der Waals surface area contributed by atoms with Crippen molar-refractivity contribution in [3.8, 4) is 5.75 Å². The molecule has 0 saturated carbocycles. The van der Waals surface area contributed by atoms with Gasteiger partial charge in [0.15, 0.2) is 0 Å². The molecule has 30 heavy (non-hydrogen) atoms. The van der Waals surface area contributed by atoms with Gasteiger partial charge in [-0.25, -0.2) is 9.59 Å². The smallest absolute Gasteiger partial charge is 0.338 e. The second-order valence-electron chi connectivity index (χ2n) is 8.00. The average molecular weight is 413 g/mol. The van der Waals surface area contributed by atoms with E-state index < -0.39 is 0 Å². The fraction of sp³-hybridized carbons (Fsp3) is 0.417. The summed E-state index contributed by atoms with van der Waals surface area (Å²) in [5.41, 5.74) is 2.79. The van der Waals surface area contributed by atoms with Crippen LogP contribution in [0, 0.1) is 0 Å². The molecule has 0 aliphatic rings. The minimum atomic E-state index is -0.345. The molecule has 0 atom stereocenters. The fourth-order valence-corrected chi connectivity index (χ4v) is 2.73. The van der Waals surface area contributed by atoms with Gasteiger partial charge in [-0.05, 0) is 54.2 Å². The number of carbonyl (C=O) groups excluding carboxylic acids is 2. The quantitative estimate of drug-likeness (QED) is 0.472. The Labute approximate surface area is 179 Å². The zero-order valence-electron chi connectivity index (χ0n) is 18.3. The Hall–Kier alpha value is -3.02. The summed E-state index contributed by atoms with van der Waals surface area (Å²) in [4.78, 5) is 23.5. The third-order valence-electron chi connectivity index (χ3n) is 4.51. The van der Waals surface area contributed by atoms with Gasteiger partial charge in [0, 0.05) is 13.1 Å². The van der Waals surface area contributed by atoms with Crippen LogP contribution in [0.2, 0.25) is 0 Å². The largest absolute Gasteiger partial charge is 0.494 e. The molecular weight excluding hydrogens is 380 g/mol. The maximum atomic E-state index is 11.9. The van der Waals surface area contributed by atoms with E-state index in [1.165, 1.54) is 5.56 Å². The topological polar surface area (TPSA) is 76.7 Å². The lowest BCUT2D eigenvalue weighted by Crippen LogP contribution is -2.36. The zero-order valence-corrected chi connectivity index (χ0v) is 18.3. The maximum absolute atomic E-state index is 11.9. The number of rotatable bonds is 9. The van der Waals surface area contributed by atoms with Crippen LogP contribution in [0.5, 0.6) is 5.75 Å². The lowest BCUT2D eigenvalue weighted by Gasteiger charge is -2.19. The molecule has 2 rings (SSSR count). The summed E-state index contributed by atoms with van der Waals surface area (Å²) in [5, 5.41) is 5.61. The molecule has 6 heteroatoms. The number of nitrogens with one attached hydrogen (secondary N) is 2. The molecule has 0 spiro atoms.